The summed E-state index contributed by atoms with van der Waals surface area (Å²) in [7, 11) is 0. The molecule has 10 heteroatoms. The van der Waals surface area contributed by atoms with Crippen LogP contribution in [0.15, 0.2) is 12.7 Å². The predicted molar refractivity (Wildman–Crippen MR) is 68.6 cm³/mol. The van der Waals surface area contributed by atoms with Crippen molar-refractivity contribution >= 4 is 23.9 Å². The molecular formula is C14H13FO9. The van der Waals surface area contributed by atoms with Gasteiger partial charge in [0, 0.05) is 6.08 Å². The van der Waals surface area contributed by atoms with Crippen molar-refractivity contribution in [2.24, 2.45) is 11.8 Å². The van der Waals surface area contributed by atoms with Crippen LogP contribution in [0.1, 0.15) is 0 Å². The monoisotopic (exact) mass is 344 g/mol. The van der Waals surface area contributed by atoms with Gasteiger partial charge in [0.05, 0.1) is 0 Å². The molecule has 0 aromatic heterocycles. The Morgan fingerprint density at radius 3 is 2.62 bits per heavy atom. The fourth-order valence-electron chi connectivity index (χ4n) is 3.26. The van der Waals surface area contributed by atoms with Crippen LogP contribution in [0.3, 0.4) is 0 Å². The highest BCUT2D eigenvalue weighted by Gasteiger charge is 2.72. The number of ether oxygens (including phenoxy) is 5. The smallest absolute Gasteiger partial charge is 0.344 e. The standard InChI is InChI=1S/C14H13FO9/c1-2-5(16)20-3-6(17)22-11-9-7(13(18)21-4-15)8-10(23-9)12(11)24-14(8)19/h2,7-12H,1,3-4H2. The summed E-state index contributed by atoms with van der Waals surface area (Å²) in [6.07, 6.45) is -2.81. The quantitative estimate of drug-likeness (QED) is 0.341. The van der Waals surface area contributed by atoms with Crippen LogP contribution in [0.2, 0.25) is 0 Å². The molecule has 0 spiro atoms. The Labute approximate surface area is 134 Å². The first-order chi connectivity index (χ1) is 11.5. The van der Waals surface area contributed by atoms with Crippen molar-refractivity contribution in [2.75, 3.05) is 13.5 Å². The van der Waals surface area contributed by atoms with E-state index in [4.69, 9.17) is 14.2 Å². The van der Waals surface area contributed by atoms with E-state index in [0.717, 1.165) is 6.08 Å². The van der Waals surface area contributed by atoms with Gasteiger partial charge < -0.3 is 23.7 Å². The number of carbonyl (C=O) groups excluding carboxylic acids is 4. The molecular weight excluding hydrogens is 331 g/mol. The van der Waals surface area contributed by atoms with Crippen molar-refractivity contribution in [3.63, 3.8) is 0 Å². The summed E-state index contributed by atoms with van der Waals surface area (Å²) in [5, 5.41) is 0. The van der Waals surface area contributed by atoms with Crippen molar-refractivity contribution in [3.8, 4) is 0 Å². The maximum absolute atomic E-state index is 12.3. The summed E-state index contributed by atoms with van der Waals surface area (Å²) in [5.74, 6) is -5.41. The predicted octanol–water partition coefficient (Wildman–Crippen LogP) is -0.964. The summed E-state index contributed by atoms with van der Waals surface area (Å²) in [6, 6.07) is 0. The average Bonchev–Trinajstić information content (AvgIpc) is 3.16. The summed E-state index contributed by atoms with van der Waals surface area (Å²) < 4.78 is 36.8. The molecule has 24 heavy (non-hydrogen) atoms. The van der Waals surface area contributed by atoms with E-state index in [1.165, 1.54) is 0 Å². The van der Waals surface area contributed by atoms with E-state index in [1.54, 1.807) is 0 Å². The minimum absolute atomic E-state index is 0.678. The number of rotatable bonds is 6. The highest BCUT2D eigenvalue weighted by molar-refractivity contribution is 5.87. The van der Waals surface area contributed by atoms with Crippen molar-refractivity contribution < 1.29 is 47.3 Å². The first kappa shape index (κ1) is 16.4. The van der Waals surface area contributed by atoms with Crippen LogP contribution in [0.5, 0.6) is 0 Å². The van der Waals surface area contributed by atoms with Crippen LogP contribution in [-0.4, -0.2) is 61.8 Å². The molecule has 3 saturated heterocycles. The van der Waals surface area contributed by atoms with Gasteiger partial charge in [0.15, 0.2) is 18.8 Å². The van der Waals surface area contributed by atoms with Crippen molar-refractivity contribution in [3.05, 3.63) is 12.7 Å². The molecule has 0 aromatic rings. The van der Waals surface area contributed by atoms with Gasteiger partial charge in [0.1, 0.15) is 24.0 Å². The second-order valence-electron chi connectivity index (χ2n) is 5.36. The van der Waals surface area contributed by atoms with Gasteiger partial charge in [0.25, 0.3) is 0 Å². The van der Waals surface area contributed by atoms with Crippen LogP contribution in [0.4, 0.5) is 4.39 Å². The second kappa shape index (κ2) is 6.19. The fraction of sp³-hybridized carbons (Fsp3) is 0.571. The summed E-state index contributed by atoms with van der Waals surface area (Å²) in [5.41, 5.74) is 0. The summed E-state index contributed by atoms with van der Waals surface area (Å²) in [6.45, 7) is 1.15. The molecule has 6 atom stereocenters. The van der Waals surface area contributed by atoms with E-state index in [0.29, 0.717) is 0 Å². The van der Waals surface area contributed by atoms with Crippen LogP contribution in [0, 0.1) is 11.8 Å². The third-order valence-electron chi connectivity index (χ3n) is 4.14. The number of alkyl halides is 1. The normalized spacial score (nSPS) is 35.3. The number of fused-ring (bicyclic) bond motifs is 1. The highest BCUT2D eigenvalue weighted by Crippen LogP contribution is 2.51. The molecule has 0 aromatic carbocycles. The molecule has 0 aliphatic carbocycles. The lowest BCUT2D eigenvalue weighted by Crippen LogP contribution is -2.48. The Bertz CT molecular complexity index is 603. The Hall–Kier alpha value is -2.49. The molecule has 3 rings (SSSR count). The van der Waals surface area contributed by atoms with Crippen LogP contribution in [0.25, 0.3) is 0 Å². The molecule has 9 nitrogen and oxygen atoms in total. The van der Waals surface area contributed by atoms with E-state index in [1.807, 2.05) is 0 Å². The zero-order valence-corrected chi connectivity index (χ0v) is 12.2. The Balaban J connectivity index is 1.70. The van der Waals surface area contributed by atoms with Gasteiger partial charge in [-0.05, 0) is 0 Å². The Morgan fingerprint density at radius 2 is 1.96 bits per heavy atom. The van der Waals surface area contributed by atoms with Gasteiger partial charge in [-0.2, -0.15) is 0 Å². The van der Waals surface area contributed by atoms with Gasteiger partial charge >= 0.3 is 23.9 Å². The molecule has 3 heterocycles. The lowest BCUT2D eigenvalue weighted by atomic mass is 9.78. The largest absolute Gasteiger partial charge is 0.455 e. The minimum atomic E-state index is -1.35. The van der Waals surface area contributed by atoms with Crippen LogP contribution < -0.4 is 0 Å². The molecule has 3 aliphatic heterocycles. The third-order valence-corrected chi connectivity index (χ3v) is 4.14. The number of carbonyl (C=O) groups is 4. The van der Waals surface area contributed by atoms with Crippen LogP contribution in [-0.2, 0) is 42.9 Å². The molecule has 0 amide bonds. The van der Waals surface area contributed by atoms with Crippen molar-refractivity contribution in [2.45, 2.75) is 24.4 Å². The van der Waals surface area contributed by atoms with Gasteiger partial charge in [0.2, 0.25) is 6.86 Å². The van der Waals surface area contributed by atoms with E-state index in [9.17, 15) is 23.6 Å². The molecule has 0 N–H and O–H groups in total. The average molecular weight is 344 g/mol. The third kappa shape index (κ3) is 2.52. The number of hydrogen-bond acceptors (Lipinski definition) is 9. The van der Waals surface area contributed by atoms with E-state index < -0.39 is 73.6 Å². The van der Waals surface area contributed by atoms with Gasteiger partial charge in [-0.25, -0.2) is 14.0 Å². The van der Waals surface area contributed by atoms with E-state index in [2.05, 4.69) is 16.1 Å². The van der Waals surface area contributed by atoms with Gasteiger partial charge in [-0.15, -0.1) is 0 Å². The molecule has 3 fully saturated rings. The zero-order valence-electron chi connectivity index (χ0n) is 12.2. The molecule has 3 aliphatic rings. The highest BCUT2D eigenvalue weighted by atomic mass is 19.1. The van der Waals surface area contributed by atoms with Crippen molar-refractivity contribution in [1.82, 2.24) is 0 Å². The first-order valence-corrected chi connectivity index (χ1v) is 7.05. The lowest BCUT2D eigenvalue weighted by Gasteiger charge is -2.26. The van der Waals surface area contributed by atoms with Gasteiger partial charge in [-0.3, -0.25) is 9.59 Å². The Kier molecular flexibility index (Phi) is 4.22. The molecule has 0 saturated carbocycles. The molecule has 130 valence electrons. The van der Waals surface area contributed by atoms with E-state index >= 15 is 0 Å². The molecule has 6 unspecified atom stereocenters. The molecule has 0 radical (unpaired) electrons. The topological polar surface area (TPSA) is 114 Å². The van der Waals surface area contributed by atoms with Crippen molar-refractivity contribution in [1.29, 1.82) is 0 Å². The lowest BCUT2D eigenvalue weighted by molar-refractivity contribution is -0.170. The summed E-state index contributed by atoms with van der Waals surface area (Å²) in [4.78, 5) is 46.4. The second-order valence-corrected chi connectivity index (χ2v) is 5.36. The van der Waals surface area contributed by atoms with Crippen LogP contribution >= 0.6 is 0 Å². The maximum atomic E-state index is 12.3. The Morgan fingerprint density at radius 1 is 1.21 bits per heavy atom. The number of halogens is 1. The minimum Gasteiger partial charge on any atom is -0.455 e. The van der Waals surface area contributed by atoms with E-state index in [-0.39, 0.29) is 0 Å². The number of hydrogen-bond donors (Lipinski definition) is 0. The summed E-state index contributed by atoms with van der Waals surface area (Å²) >= 11 is 0. The first-order valence-electron chi connectivity index (χ1n) is 7.05. The zero-order chi connectivity index (χ0) is 17.4. The van der Waals surface area contributed by atoms with Gasteiger partial charge in [-0.1, -0.05) is 6.58 Å². The molecule has 2 bridgehead atoms. The SMILES string of the molecule is C=CC(=O)OCC(=O)OC1C2OC(=O)C3C2OC1C3C(=O)OCF. The fourth-order valence-corrected chi connectivity index (χ4v) is 3.26. The number of esters is 4. The maximum Gasteiger partial charge on any atom is 0.344 e.